The number of pyridine rings is 1. The van der Waals surface area contributed by atoms with Crippen molar-refractivity contribution in [1.82, 2.24) is 20.1 Å². The highest BCUT2D eigenvalue weighted by Crippen LogP contribution is 2.28. The molecule has 0 saturated carbocycles. The van der Waals surface area contributed by atoms with E-state index in [0.29, 0.717) is 0 Å². The Bertz CT molecular complexity index is 744. The molecule has 0 aromatic carbocycles. The normalized spacial score (nSPS) is 11.3. The Kier molecular flexibility index (Phi) is 5.11. The Morgan fingerprint density at radius 1 is 1.42 bits per heavy atom. The molecule has 0 aliphatic rings. The first-order valence-corrected chi connectivity index (χ1v) is 6.71. The number of carbonyl (C=O) groups is 1. The molecule has 0 bridgehead atoms. The first-order valence-electron chi connectivity index (χ1n) is 6.71. The van der Waals surface area contributed by atoms with Crippen molar-refractivity contribution in [2.45, 2.75) is 19.1 Å². The van der Waals surface area contributed by atoms with Crippen LogP contribution in [0.25, 0.3) is 0 Å². The van der Waals surface area contributed by atoms with Crippen LogP contribution >= 0.6 is 0 Å². The SMILES string of the molecule is O=C(Cn1cc([N+](=O)[O-])cn1)NCCc1cc(C(F)(F)F)ccn1. The highest BCUT2D eigenvalue weighted by atomic mass is 19.4. The summed E-state index contributed by atoms with van der Waals surface area (Å²) < 4.78 is 38.8. The van der Waals surface area contributed by atoms with Crippen LogP contribution in [0.3, 0.4) is 0 Å². The first-order chi connectivity index (χ1) is 11.3. The van der Waals surface area contributed by atoms with Gasteiger partial charge >= 0.3 is 11.9 Å². The standard InChI is InChI=1S/C13H12F3N5O3/c14-13(15,16)9-1-3-17-10(5-9)2-4-18-12(22)8-20-7-11(6-19-20)21(23)24/h1,3,5-7H,2,4,8H2,(H,18,22). The van der Waals surface area contributed by atoms with Crippen LogP contribution in [-0.2, 0) is 23.9 Å². The largest absolute Gasteiger partial charge is 0.416 e. The molecular formula is C13H12F3N5O3. The van der Waals surface area contributed by atoms with Gasteiger partial charge in [-0.15, -0.1) is 0 Å². The molecular weight excluding hydrogens is 331 g/mol. The van der Waals surface area contributed by atoms with Crippen molar-refractivity contribution >= 4 is 11.6 Å². The summed E-state index contributed by atoms with van der Waals surface area (Å²) in [6, 6.07) is 1.79. The first kappa shape index (κ1) is 17.4. The van der Waals surface area contributed by atoms with Crippen LogP contribution in [-0.4, -0.2) is 32.1 Å². The number of halogens is 3. The second-order valence-corrected chi connectivity index (χ2v) is 4.79. The Balaban J connectivity index is 1.83. The van der Waals surface area contributed by atoms with E-state index in [1.54, 1.807) is 0 Å². The lowest BCUT2D eigenvalue weighted by Gasteiger charge is -2.08. The Morgan fingerprint density at radius 2 is 2.17 bits per heavy atom. The fourth-order valence-corrected chi connectivity index (χ4v) is 1.86. The summed E-state index contributed by atoms with van der Waals surface area (Å²) in [4.78, 5) is 25.3. The zero-order chi connectivity index (χ0) is 17.7. The lowest BCUT2D eigenvalue weighted by atomic mass is 10.2. The van der Waals surface area contributed by atoms with Crippen LogP contribution in [0.5, 0.6) is 0 Å². The molecule has 0 saturated heterocycles. The maximum Gasteiger partial charge on any atom is 0.416 e. The van der Waals surface area contributed by atoms with Gasteiger partial charge in [-0.25, -0.2) is 0 Å². The van der Waals surface area contributed by atoms with E-state index in [1.165, 1.54) is 0 Å². The van der Waals surface area contributed by atoms with Crippen LogP contribution in [0.4, 0.5) is 18.9 Å². The molecule has 11 heteroatoms. The van der Waals surface area contributed by atoms with Gasteiger partial charge < -0.3 is 5.32 Å². The number of aromatic nitrogens is 3. The van der Waals surface area contributed by atoms with Crippen LogP contribution in [0.1, 0.15) is 11.3 Å². The van der Waals surface area contributed by atoms with Gasteiger partial charge in [0.1, 0.15) is 18.9 Å². The molecule has 128 valence electrons. The number of nitrogens with one attached hydrogen (secondary N) is 1. The monoisotopic (exact) mass is 343 g/mol. The van der Waals surface area contributed by atoms with Crippen molar-refractivity contribution in [3.8, 4) is 0 Å². The van der Waals surface area contributed by atoms with Crippen LogP contribution < -0.4 is 5.32 Å². The number of nitrogens with zero attached hydrogens (tertiary/aromatic N) is 4. The molecule has 0 aliphatic heterocycles. The molecule has 0 spiro atoms. The van der Waals surface area contributed by atoms with Crippen molar-refractivity contribution in [2.75, 3.05) is 6.54 Å². The quantitative estimate of drug-likeness (QED) is 0.633. The molecule has 0 aliphatic carbocycles. The molecule has 2 aromatic rings. The lowest BCUT2D eigenvalue weighted by molar-refractivity contribution is -0.385. The van der Waals surface area contributed by atoms with Gasteiger partial charge in [0.05, 0.1) is 10.5 Å². The summed E-state index contributed by atoms with van der Waals surface area (Å²) in [7, 11) is 0. The molecule has 0 unspecified atom stereocenters. The van der Waals surface area contributed by atoms with Crippen molar-refractivity contribution in [3.63, 3.8) is 0 Å². The minimum Gasteiger partial charge on any atom is -0.354 e. The zero-order valence-electron chi connectivity index (χ0n) is 12.2. The molecule has 0 atom stereocenters. The maximum absolute atomic E-state index is 12.6. The number of hydrogen-bond acceptors (Lipinski definition) is 5. The third kappa shape index (κ3) is 4.76. The highest BCUT2D eigenvalue weighted by molar-refractivity contribution is 5.75. The number of nitro groups is 1. The van der Waals surface area contributed by atoms with Crippen molar-refractivity contribution in [1.29, 1.82) is 0 Å². The summed E-state index contributed by atoms with van der Waals surface area (Å²) in [5, 5.41) is 16.6. The number of carbonyl (C=O) groups excluding carboxylic acids is 1. The van der Waals surface area contributed by atoms with Crippen LogP contribution in [0.15, 0.2) is 30.7 Å². The van der Waals surface area contributed by atoms with E-state index in [-0.39, 0.29) is 30.9 Å². The minimum absolute atomic E-state index is 0.0799. The molecule has 0 radical (unpaired) electrons. The van der Waals surface area contributed by atoms with E-state index >= 15 is 0 Å². The van der Waals surface area contributed by atoms with Crippen molar-refractivity contribution in [2.24, 2.45) is 0 Å². The molecule has 1 N–H and O–H groups in total. The number of rotatable bonds is 6. The molecule has 1 amide bonds. The smallest absolute Gasteiger partial charge is 0.354 e. The number of hydrogen-bond donors (Lipinski definition) is 1. The van der Waals surface area contributed by atoms with Gasteiger partial charge in [-0.1, -0.05) is 0 Å². The molecule has 24 heavy (non-hydrogen) atoms. The highest BCUT2D eigenvalue weighted by Gasteiger charge is 2.30. The van der Waals surface area contributed by atoms with E-state index in [9.17, 15) is 28.1 Å². The van der Waals surface area contributed by atoms with Gasteiger partial charge in [-0.2, -0.15) is 18.3 Å². The molecule has 2 heterocycles. The summed E-state index contributed by atoms with van der Waals surface area (Å²) in [5.41, 5.74) is -0.849. The van der Waals surface area contributed by atoms with E-state index in [0.717, 1.165) is 35.4 Å². The average Bonchev–Trinajstić information content (AvgIpc) is 2.95. The molecule has 8 nitrogen and oxygen atoms in total. The van der Waals surface area contributed by atoms with Gasteiger partial charge in [0.25, 0.3) is 0 Å². The molecule has 2 aromatic heterocycles. The van der Waals surface area contributed by atoms with Crippen molar-refractivity contribution < 1.29 is 22.9 Å². The Hall–Kier alpha value is -2.98. The Labute approximate surface area is 133 Å². The maximum atomic E-state index is 12.6. The number of amides is 1. The van der Waals surface area contributed by atoms with Crippen molar-refractivity contribution in [3.05, 3.63) is 52.1 Å². The van der Waals surface area contributed by atoms with E-state index in [4.69, 9.17) is 0 Å². The Morgan fingerprint density at radius 3 is 2.79 bits per heavy atom. The predicted octanol–water partition coefficient (Wildman–Crippen LogP) is 1.56. The summed E-state index contributed by atoms with van der Waals surface area (Å²) in [5.74, 6) is -0.472. The minimum atomic E-state index is -4.45. The van der Waals surface area contributed by atoms with Gasteiger partial charge in [0.15, 0.2) is 0 Å². The average molecular weight is 343 g/mol. The molecule has 0 fully saturated rings. The number of alkyl halides is 3. The lowest BCUT2D eigenvalue weighted by Crippen LogP contribution is -2.29. The van der Waals surface area contributed by atoms with Crippen LogP contribution in [0, 0.1) is 10.1 Å². The van der Waals surface area contributed by atoms with Gasteiger partial charge in [-0.3, -0.25) is 24.6 Å². The summed E-state index contributed by atoms with van der Waals surface area (Å²) in [6.45, 7) is -0.152. The van der Waals surface area contributed by atoms with Gasteiger partial charge in [0.2, 0.25) is 5.91 Å². The zero-order valence-corrected chi connectivity index (χ0v) is 12.2. The predicted molar refractivity (Wildman–Crippen MR) is 74.8 cm³/mol. The van der Waals surface area contributed by atoms with Gasteiger partial charge in [-0.05, 0) is 12.1 Å². The third-order valence-electron chi connectivity index (χ3n) is 2.98. The second kappa shape index (κ2) is 7.06. The third-order valence-corrected chi connectivity index (χ3v) is 2.98. The fourth-order valence-electron chi connectivity index (χ4n) is 1.86. The van der Waals surface area contributed by atoms with E-state index in [2.05, 4.69) is 15.4 Å². The fraction of sp³-hybridized carbons (Fsp3) is 0.308. The van der Waals surface area contributed by atoms with E-state index in [1.807, 2.05) is 0 Å². The van der Waals surface area contributed by atoms with Gasteiger partial charge in [0, 0.05) is 24.9 Å². The summed E-state index contributed by atoms with van der Waals surface area (Å²) >= 11 is 0. The molecule has 2 rings (SSSR count). The topological polar surface area (TPSA) is 103 Å². The second-order valence-electron chi connectivity index (χ2n) is 4.79. The van der Waals surface area contributed by atoms with E-state index < -0.39 is 22.6 Å². The van der Waals surface area contributed by atoms with Crippen LogP contribution in [0.2, 0.25) is 0 Å². The summed E-state index contributed by atoms with van der Waals surface area (Å²) in [6.07, 6.45) is -1.15.